The number of rotatable bonds is 7. The van der Waals surface area contributed by atoms with Crippen LogP contribution in [0.25, 0.3) is 0 Å². The van der Waals surface area contributed by atoms with Gasteiger partial charge in [-0.15, -0.1) is 0 Å². The Bertz CT molecular complexity index is 491. The molecule has 0 aliphatic rings. The summed E-state index contributed by atoms with van der Waals surface area (Å²) < 4.78 is 0. The van der Waals surface area contributed by atoms with Crippen molar-refractivity contribution in [2.24, 2.45) is 5.92 Å². The Balaban J connectivity index is 3.20. The minimum Gasteiger partial charge on any atom is -0.362 e. The fourth-order valence-electron chi connectivity index (χ4n) is 2.66. The second kappa shape index (κ2) is 9.27. The molecule has 0 spiro atoms. The Morgan fingerprint density at radius 3 is 1.87 bits per heavy atom. The Hall–Kier alpha value is -1.09. The molecule has 0 saturated heterocycles. The smallest absolute Gasteiger partial charge is 0.170 e. The third-order valence-electron chi connectivity index (χ3n) is 4.54. The van der Waals surface area contributed by atoms with Gasteiger partial charge in [-0.25, -0.2) is 0 Å². The molecule has 23 heavy (non-hydrogen) atoms. The minimum absolute atomic E-state index is 0.521. The number of anilines is 1. The van der Waals surface area contributed by atoms with Gasteiger partial charge in [-0.05, 0) is 60.9 Å². The quantitative estimate of drug-likeness (QED) is 0.601. The van der Waals surface area contributed by atoms with Crippen LogP contribution in [0.3, 0.4) is 0 Å². The largest absolute Gasteiger partial charge is 0.362 e. The van der Waals surface area contributed by atoms with Crippen LogP contribution in [-0.4, -0.2) is 11.7 Å². The zero-order chi connectivity index (χ0) is 17.6. The van der Waals surface area contributed by atoms with Crippen molar-refractivity contribution in [3.63, 3.8) is 0 Å². The molecule has 1 rings (SSSR count). The van der Waals surface area contributed by atoms with Crippen molar-refractivity contribution in [3.8, 4) is 0 Å². The van der Waals surface area contributed by atoms with Crippen LogP contribution in [0, 0.1) is 12.8 Å². The summed E-state index contributed by atoms with van der Waals surface area (Å²) in [6.45, 7) is 16.6. The van der Waals surface area contributed by atoms with E-state index in [1.165, 1.54) is 22.4 Å². The zero-order valence-corrected chi connectivity index (χ0v) is 16.7. The summed E-state index contributed by atoms with van der Waals surface area (Å²) in [7, 11) is 0. The van der Waals surface area contributed by atoms with Gasteiger partial charge in [0.15, 0.2) is 5.11 Å². The van der Waals surface area contributed by atoms with Gasteiger partial charge in [0.05, 0.1) is 0 Å². The number of hydrogen-bond acceptors (Lipinski definition) is 1. The number of aryl methyl sites for hydroxylation is 1. The topological polar surface area (TPSA) is 24.1 Å². The normalized spacial score (nSPS) is 13.7. The fourth-order valence-corrected chi connectivity index (χ4v) is 2.84. The van der Waals surface area contributed by atoms with Crippen LogP contribution in [0.15, 0.2) is 12.1 Å². The first-order valence-electron chi connectivity index (χ1n) is 8.99. The lowest BCUT2D eigenvalue weighted by atomic mass is 9.87. The lowest BCUT2D eigenvalue weighted by Crippen LogP contribution is -2.32. The Morgan fingerprint density at radius 2 is 1.48 bits per heavy atom. The highest BCUT2D eigenvalue weighted by Crippen LogP contribution is 2.36. The summed E-state index contributed by atoms with van der Waals surface area (Å²) in [4.78, 5) is 0. The molecule has 2 atom stereocenters. The molecule has 0 aliphatic heterocycles. The summed E-state index contributed by atoms with van der Waals surface area (Å²) >= 11 is 5.53. The van der Waals surface area contributed by atoms with E-state index in [0.29, 0.717) is 17.8 Å². The van der Waals surface area contributed by atoms with Crippen LogP contribution in [0.1, 0.15) is 82.9 Å². The van der Waals surface area contributed by atoms with E-state index in [2.05, 4.69) is 71.2 Å². The first-order chi connectivity index (χ1) is 10.8. The number of hydrogen-bond donors (Lipinski definition) is 2. The second-order valence-corrected chi connectivity index (χ2v) is 7.57. The van der Waals surface area contributed by atoms with E-state index < -0.39 is 0 Å². The van der Waals surface area contributed by atoms with Gasteiger partial charge >= 0.3 is 0 Å². The molecule has 2 N–H and O–H groups in total. The molecule has 1 aromatic carbocycles. The molecule has 2 unspecified atom stereocenters. The monoisotopic (exact) mass is 334 g/mol. The van der Waals surface area contributed by atoms with E-state index in [-0.39, 0.29) is 0 Å². The maximum absolute atomic E-state index is 5.53. The molecular weight excluding hydrogens is 300 g/mol. The van der Waals surface area contributed by atoms with E-state index >= 15 is 0 Å². The van der Waals surface area contributed by atoms with E-state index in [1.807, 2.05) is 0 Å². The average molecular weight is 335 g/mol. The first kappa shape index (κ1) is 20.0. The van der Waals surface area contributed by atoms with Crippen LogP contribution in [-0.2, 0) is 0 Å². The first-order valence-corrected chi connectivity index (χ1v) is 9.40. The Kier molecular flexibility index (Phi) is 8.04. The maximum atomic E-state index is 5.53. The van der Waals surface area contributed by atoms with Crippen LogP contribution >= 0.6 is 12.2 Å². The van der Waals surface area contributed by atoms with Gasteiger partial charge < -0.3 is 10.6 Å². The van der Waals surface area contributed by atoms with Crippen LogP contribution in [0.5, 0.6) is 0 Å². The minimum atomic E-state index is 0.521. The zero-order valence-electron chi connectivity index (χ0n) is 15.9. The molecule has 1 aromatic rings. The van der Waals surface area contributed by atoms with Crippen molar-refractivity contribution >= 4 is 23.0 Å². The summed E-state index contributed by atoms with van der Waals surface area (Å²) in [5.74, 6) is 1.62. The molecule has 0 bridgehead atoms. The van der Waals surface area contributed by atoms with Crippen molar-refractivity contribution in [1.82, 2.24) is 5.32 Å². The summed E-state index contributed by atoms with van der Waals surface area (Å²) in [6, 6.07) is 4.63. The SMILES string of the molecule is CCC(C)c1cc(C)cc(C(C)CC)c1NC(=S)NCC(C)C. The molecule has 0 aromatic heterocycles. The summed E-state index contributed by atoms with van der Waals surface area (Å²) in [5.41, 5.74) is 5.33. The highest BCUT2D eigenvalue weighted by atomic mass is 32.1. The highest BCUT2D eigenvalue weighted by Gasteiger charge is 2.18. The summed E-state index contributed by atoms with van der Waals surface area (Å²) in [5, 5.41) is 7.58. The predicted molar refractivity (Wildman–Crippen MR) is 108 cm³/mol. The Morgan fingerprint density at radius 1 is 1.00 bits per heavy atom. The van der Waals surface area contributed by atoms with Gasteiger partial charge in [0.1, 0.15) is 0 Å². The van der Waals surface area contributed by atoms with Crippen LogP contribution in [0.4, 0.5) is 5.69 Å². The molecule has 0 heterocycles. The molecule has 0 amide bonds. The lowest BCUT2D eigenvalue weighted by Gasteiger charge is -2.24. The maximum Gasteiger partial charge on any atom is 0.170 e. The third kappa shape index (κ3) is 5.80. The van der Waals surface area contributed by atoms with Crippen molar-refractivity contribution in [2.45, 2.75) is 73.1 Å². The predicted octanol–water partition coefficient (Wildman–Crippen LogP) is 5.96. The molecular formula is C20H34N2S. The average Bonchev–Trinajstić information content (AvgIpc) is 2.52. The van der Waals surface area contributed by atoms with Gasteiger partial charge in [-0.2, -0.15) is 0 Å². The number of benzene rings is 1. The van der Waals surface area contributed by atoms with E-state index in [0.717, 1.165) is 24.5 Å². The van der Waals surface area contributed by atoms with Crippen molar-refractivity contribution in [2.75, 3.05) is 11.9 Å². The molecule has 0 fully saturated rings. The molecule has 0 aliphatic carbocycles. The van der Waals surface area contributed by atoms with E-state index in [4.69, 9.17) is 12.2 Å². The van der Waals surface area contributed by atoms with Crippen molar-refractivity contribution in [3.05, 3.63) is 28.8 Å². The van der Waals surface area contributed by atoms with E-state index in [9.17, 15) is 0 Å². The molecule has 3 heteroatoms. The third-order valence-corrected chi connectivity index (χ3v) is 4.79. The lowest BCUT2D eigenvalue weighted by molar-refractivity contribution is 0.627. The van der Waals surface area contributed by atoms with Gasteiger partial charge in [0, 0.05) is 12.2 Å². The fraction of sp³-hybridized carbons (Fsp3) is 0.650. The molecule has 2 nitrogen and oxygen atoms in total. The molecule has 0 saturated carbocycles. The van der Waals surface area contributed by atoms with Crippen molar-refractivity contribution < 1.29 is 0 Å². The Labute approximate surface area is 148 Å². The van der Waals surface area contributed by atoms with Gasteiger partial charge in [-0.3, -0.25) is 0 Å². The van der Waals surface area contributed by atoms with Crippen molar-refractivity contribution in [1.29, 1.82) is 0 Å². The summed E-state index contributed by atoms with van der Waals surface area (Å²) in [6.07, 6.45) is 2.26. The second-order valence-electron chi connectivity index (χ2n) is 7.17. The standard InChI is InChI=1S/C20H34N2S/c1-8-15(6)17-10-14(5)11-18(16(7)9-2)19(17)22-20(23)21-12-13(3)4/h10-11,13,15-16H,8-9,12H2,1-7H3,(H2,21,22,23). The highest BCUT2D eigenvalue weighted by molar-refractivity contribution is 7.80. The molecule has 130 valence electrons. The van der Waals surface area contributed by atoms with Gasteiger partial charge in [-0.1, -0.05) is 59.2 Å². The number of thiocarbonyl (C=S) groups is 1. The number of nitrogens with one attached hydrogen (secondary N) is 2. The van der Waals surface area contributed by atoms with Crippen LogP contribution < -0.4 is 10.6 Å². The molecule has 0 radical (unpaired) electrons. The van der Waals surface area contributed by atoms with Gasteiger partial charge in [0.2, 0.25) is 0 Å². The van der Waals surface area contributed by atoms with Crippen LogP contribution in [0.2, 0.25) is 0 Å². The van der Waals surface area contributed by atoms with E-state index in [1.54, 1.807) is 0 Å². The van der Waals surface area contributed by atoms with Gasteiger partial charge in [0.25, 0.3) is 0 Å².